The predicted molar refractivity (Wildman–Crippen MR) is 100 cm³/mol. The highest BCUT2D eigenvalue weighted by Crippen LogP contribution is 2.23. The standard InChI is InChI=1S/C16H12ClN5O3S/c1-25-13-4-2-3-10(8-13)15-19-20-16(26)21(15)18-9-11-7-12(22(23)24)5-6-14(11)17/h2-9H,1H3,(H,20,26)/b18-9+. The molecule has 2 aromatic carbocycles. The molecule has 0 unspecified atom stereocenters. The summed E-state index contributed by atoms with van der Waals surface area (Å²) in [6, 6.07) is 11.3. The van der Waals surface area contributed by atoms with Gasteiger partial charge in [-0.3, -0.25) is 10.1 Å². The maximum atomic E-state index is 10.9. The number of halogens is 1. The van der Waals surface area contributed by atoms with Crippen molar-refractivity contribution in [2.45, 2.75) is 0 Å². The molecule has 1 aromatic heterocycles. The van der Waals surface area contributed by atoms with Crippen molar-refractivity contribution >= 4 is 35.7 Å². The Bertz CT molecular complexity index is 1060. The number of non-ortho nitro benzene ring substituents is 1. The van der Waals surface area contributed by atoms with Gasteiger partial charge in [0.25, 0.3) is 5.69 Å². The van der Waals surface area contributed by atoms with E-state index in [0.29, 0.717) is 22.2 Å². The Morgan fingerprint density at radius 3 is 2.92 bits per heavy atom. The van der Waals surface area contributed by atoms with Crippen LogP contribution in [0.15, 0.2) is 47.6 Å². The van der Waals surface area contributed by atoms with Crippen LogP contribution in [0.25, 0.3) is 11.4 Å². The van der Waals surface area contributed by atoms with Crippen molar-refractivity contribution in [2.24, 2.45) is 5.10 Å². The average molecular weight is 390 g/mol. The number of aromatic amines is 1. The van der Waals surface area contributed by atoms with Crippen molar-refractivity contribution in [3.8, 4) is 17.1 Å². The number of aromatic nitrogens is 3. The third-order valence-electron chi connectivity index (χ3n) is 3.48. The molecule has 0 aliphatic carbocycles. The lowest BCUT2D eigenvalue weighted by molar-refractivity contribution is -0.384. The summed E-state index contributed by atoms with van der Waals surface area (Å²) < 4.78 is 6.88. The van der Waals surface area contributed by atoms with Gasteiger partial charge in [-0.2, -0.15) is 14.9 Å². The van der Waals surface area contributed by atoms with E-state index in [9.17, 15) is 10.1 Å². The lowest BCUT2D eigenvalue weighted by Gasteiger charge is -2.04. The van der Waals surface area contributed by atoms with E-state index in [2.05, 4.69) is 15.3 Å². The summed E-state index contributed by atoms with van der Waals surface area (Å²) in [5.74, 6) is 1.13. The number of nitrogens with one attached hydrogen (secondary N) is 1. The van der Waals surface area contributed by atoms with Crippen LogP contribution in [0.5, 0.6) is 5.75 Å². The smallest absolute Gasteiger partial charge is 0.270 e. The lowest BCUT2D eigenvalue weighted by atomic mass is 10.2. The summed E-state index contributed by atoms with van der Waals surface area (Å²) in [7, 11) is 1.57. The summed E-state index contributed by atoms with van der Waals surface area (Å²) in [4.78, 5) is 10.4. The Kier molecular flexibility index (Phi) is 5.10. The van der Waals surface area contributed by atoms with E-state index in [0.717, 1.165) is 5.56 Å². The Morgan fingerprint density at radius 2 is 2.19 bits per heavy atom. The molecule has 0 spiro atoms. The summed E-state index contributed by atoms with van der Waals surface area (Å²) >= 11 is 11.3. The molecule has 26 heavy (non-hydrogen) atoms. The van der Waals surface area contributed by atoms with Gasteiger partial charge in [-0.1, -0.05) is 23.7 Å². The van der Waals surface area contributed by atoms with Gasteiger partial charge >= 0.3 is 0 Å². The summed E-state index contributed by atoms with van der Waals surface area (Å²) in [6.45, 7) is 0. The minimum absolute atomic E-state index is 0.0836. The van der Waals surface area contributed by atoms with Gasteiger partial charge < -0.3 is 4.74 Å². The van der Waals surface area contributed by atoms with Gasteiger partial charge in [-0.15, -0.1) is 0 Å². The van der Waals surface area contributed by atoms with Gasteiger partial charge in [-0.25, -0.2) is 5.10 Å². The zero-order chi connectivity index (χ0) is 18.7. The van der Waals surface area contributed by atoms with E-state index >= 15 is 0 Å². The Hall–Kier alpha value is -3.04. The first kappa shape index (κ1) is 17.8. The molecule has 1 heterocycles. The van der Waals surface area contributed by atoms with E-state index in [-0.39, 0.29) is 10.5 Å². The van der Waals surface area contributed by atoms with Crippen LogP contribution in [0.2, 0.25) is 5.02 Å². The Morgan fingerprint density at radius 1 is 1.38 bits per heavy atom. The topological polar surface area (TPSA) is 98.3 Å². The van der Waals surface area contributed by atoms with Gasteiger partial charge in [0.05, 0.1) is 18.2 Å². The second kappa shape index (κ2) is 7.46. The van der Waals surface area contributed by atoms with Crippen LogP contribution in [0.3, 0.4) is 0 Å². The number of hydrogen-bond acceptors (Lipinski definition) is 6. The van der Waals surface area contributed by atoms with Gasteiger partial charge in [-0.05, 0) is 30.4 Å². The highest BCUT2D eigenvalue weighted by molar-refractivity contribution is 7.71. The molecular formula is C16H12ClN5O3S. The van der Waals surface area contributed by atoms with Crippen molar-refractivity contribution in [2.75, 3.05) is 7.11 Å². The lowest BCUT2D eigenvalue weighted by Crippen LogP contribution is -1.97. The minimum atomic E-state index is -0.501. The molecule has 3 aromatic rings. The first-order valence-electron chi connectivity index (χ1n) is 7.29. The SMILES string of the molecule is COc1cccc(-c2n[nH]c(=S)n2/N=C/c2cc([N+](=O)[O-])ccc2Cl)c1. The molecule has 0 aliphatic rings. The number of nitro groups is 1. The van der Waals surface area contributed by atoms with Gasteiger partial charge in [0.1, 0.15) is 5.75 Å². The maximum absolute atomic E-state index is 10.9. The van der Waals surface area contributed by atoms with E-state index in [1.807, 2.05) is 12.1 Å². The van der Waals surface area contributed by atoms with Crippen molar-refractivity contribution in [3.63, 3.8) is 0 Å². The third-order valence-corrected chi connectivity index (χ3v) is 4.09. The number of H-pyrrole nitrogens is 1. The fourth-order valence-corrected chi connectivity index (χ4v) is 2.56. The Labute approximate surface area is 157 Å². The van der Waals surface area contributed by atoms with E-state index in [1.54, 1.807) is 19.2 Å². The Balaban J connectivity index is 2.02. The van der Waals surface area contributed by atoms with Crippen LogP contribution >= 0.6 is 23.8 Å². The number of hydrogen-bond donors (Lipinski definition) is 1. The number of methoxy groups -OCH3 is 1. The number of nitrogens with zero attached hydrogens (tertiary/aromatic N) is 4. The average Bonchev–Trinajstić information content (AvgIpc) is 3.01. The number of rotatable bonds is 5. The van der Waals surface area contributed by atoms with Crippen molar-refractivity contribution in [1.29, 1.82) is 0 Å². The number of nitro benzene ring substituents is 1. The molecular weight excluding hydrogens is 378 g/mol. The zero-order valence-electron chi connectivity index (χ0n) is 13.4. The van der Waals surface area contributed by atoms with E-state index in [4.69, 9.17) is 28.6 Å². The van der Waals surface area contributed by atoms with Crippen LogP contribution in [0.4, 0.5) is 5.69 Å². The normalized spacial score (nSPS) is 11.0. The molecule has 8 nitrogen and oxygen atoms in total. The molecule has 0 atom stereocenters. The summed E-state index contributed by atoms with van der Waals surface area (Å²) in [5, 5.41) is 22.4. The van der Waals surface area contributed by atoms with Crippen molar-refractivity contribution in [1.82, 2.24) is 14.9 Å². The van der Waals surface area contributed by atoms with Gasteiger partial charge in [0.2, 0.25) is 4.77 Å². The molecule has 0 radical (unpaired) electrons. The largest absolute Gasteiger partial charge is 0.497 e. The van der Waals surface area contributed by atoms with Crippen LogP contribution in [-0.2, 0) is 0 Å². The molecule has 3 rings (SSSR count). The molecule has 0 saturated heterocycles. The predicted octanol–water partition coefficient (Wildman–Crippen LogP) is 4.06. The fraction of sp³-hybridized carbons (Fsp3) is 0.0625. The van der Waals surface area contributed by atoms with Crippen LogP contribution < -0.4 is 4.74 Å². The molecule has 1 N–H and O–H groups in total. The monoisotopic (exact) mass is 389 g/mol. The first-order valence-corrected chi connectivity index (χ1v) is 8.08. The molecule has 0 amide bonds. The number of ether oxygens (including phenoxy) is 1. The van der Waals surface area contributed by atoms with Crippen molar-refractivity contribution in [3.05, 3.63) is 67.9 Å². The fourth-order valence-electron chi connectivity index (χ4n) is 2.21. The third kappa shape index (κ3) is 3.63. The number of benzene rings is 2. The molecule has 0 fully saturated rings. The quantitative estimate of drug-likeness (QED) is 0.307. The van der Waals surface area contributed by atoms with Gasteiger partial charge in [0.15, 0.2) is 5.82 Å². The second-order valence-corrected chi connectivity index (χ2v) is 5.90. The summed E-state index contributed by atoms with van der Waals surface area (Å²) in [5.41, 5.74) is 1.04. The van der Waals surface area contributed by atoms with Crippen molar-refractivity contribution < 1.29 is 9.66 Å². The van der Waals surface area contributed by atoms with E-state index in [1.165, 1.54) is 29.1 Å². The molecule has 0 saturated carbocycles. The van der Waals surface area contributed by atoms with Crippen LogP contribution in [-0.4, -0.2) is 33.1 Å². The first-order chi connectivity index (χ1) is 12.5. The second-order valence-electron chi connectivity index (χ2n) is 5.10. The zero-order valence-corrected chi connectivity index (χ0v) is 15.0. The molecule has 0 aliphatic heterocycles. The van der Waals surface area contributed by atoms with Gasteiger partial charge in [0, 0.05) is 28.3 Å². The molecule has 132 valence electrons. The van der Waals surface area contributed by atoms with E-state index < -0.39 is 4.92 Å². The highest BCUT2D eigenvalue weighted by Gasteiger charge is 2.11. The molecule has 10 heteroatoms. The van der Waals surface area contributed by atoms with Crippen LogP contribution in [0, 0.1) is 14.9 Å². The molecule has 0 bridgehead atoms. The summed E-state index contributed by atoms with van der Waals surface area (Å²) in [6.07, 6.45) is 1.39. The maximum Gasteiger partial charge on any atom is 0.270 e. The highest BCUT2D eigenvalue weighted by atomic mass is 35.5. The minimum Gasteiger partial charge on any atom is -0.497 e. The van der Waals surface area contributed by atoms with Crippen LogP contribution in [0.1, 0.15) is 5.56 Å².